The number of ether oxygens (including phenoxy) is 2. The molecule has 0 aromatic carbocycles. The predicted octanol–water partition coefficient (Wildman–Crippen LogP) is 2.37. The molecular formula is C11H14O3S. The number of ketones is 1. The van der Waals surface area contributed by atoms with E-state index in [4.69, 9.17) is 9.47 Å². The maximum absolute atomic E-state index is 12.1. The summed E-state index contributed by atoms with van der Waals surface area (Å²) in [5.41, 5.74) is 0. The summed E-state index contributed by atoms with van der Waals surface area (Å²) in [4.78, 5) is 12.8. The van der Waals surface area contributed by atoms with E-state index in [1.165, 1.54) is 11.3 Å². The van der Waals surface area contributed by atoms with Crippen molar-refractivity contribution < 1.29 is 14.3 Å². The highest BCUT2D eigenvalue weighted by Gasteiger charge is 2.26. The lowest BCUT2D eigenvalue weighted by Gasteiger charge is -2.20. The standard InChI is InChI=1S/C11H14O3S/c1-13-9-4-6-15-11(9)10(12)8-3-2-5-14-7-8/h4,6,8H,2-3,5,7H2,1H3. The van der Waals surface area contributed by atoms with E-state index in [2.05, 4.69) is 0 Å². The number of thiophene rings is 1. The maximum atomic E-state index is 12.1. The van der Waals surface area contributed by atoms with Gasteiger partial charge in [0.15, 0.2) is 5.78 Å². The van der Waals surface area contributed by atoms with Gasteiger partial charge < -0.3 is 9.47 Å². The summed E-state index contributed by atoms with van der Waals surface area (Å²) in [6.45, 7) is 1.34. The van der Waals surface area contributed by atoms with Gasteiger partial charge >= 0.3 is 0 Å². The van der Waals surface area contributed by atoms with Gasteiger partial charge in [-0.1, -0.05) is 0 Å². The van der Waals surface area contributed by atoms with E-state index in [9.17, 15) is 4.79 Å². The fourth-order valence-corrected chi connectivity index (χ4v) is 2.65. The van der Waals surface area contributed by atoms with Crippen LogP contribution in [0.15, 0.2) is 11.4 Å². The van der Waals surface area contributed by atoms with Gasteiger partial charge in [-0.25, -0.2) is 0 Å². The molecule has 1 atom stereocenters. The molecule has 1 fully saturated rings. The molecule has 1 aliphatic heterocycles. The van der Waals surface area contributed by atoms with Crippen LogP contribution in [-0.2, 0) is 4.74 Å². The fraction of sp³-hybridized carbons (Fsp3) is 0.545. The van der Waals surface area contributed by atoms with Crippen LogP contribution in [0.5, 0.6) is 5.75 Å². The Kier molecular flexibility index (Phi) is 3.38. The van der Waals surface area contributed by atoms with Gasteiger partial charge in [0.1, 0.15) is 10.6 Å². The molecule has 0 bridgehead atoms. The number of carbonyl (C=O) groups is 1. The predicted molar refractivity (Wildman–Crippen MR) is 58.7 cm³/mol. The first-order chi connectivity index (χ1) is 7.33. The first-order valence-corrected chi connectivity index (χ1v) is 5.94. The molecule has 0 saturated carbocycles. The van der Waals surface area contributed by atoms with Crippen molar-refractivity contribution in [3.63, 3.8) is 0 Å². The van der Waals surface area contributed by atoms with Crippen molar-refractivity contribution in [1.82, 2.24) is 0 Å². The third-order valence-electron chi connectivity index (χ3n) is 2.60. The molecule has 4 heteroatoms. The van der Waals surface area contributed by atoms with Crippen LogP contribution in [0.1, 0.15) is 22.5 Å². The SMILES string of the molecule is COc1ccsc1C(=O)C1CCCOC1. The largest absolute Gasteiger partial charge is 0.495 e. The number of Topliss-reactive ketones (excluding diaryl/α,β-unsaturated/α-hetero) is 1. The maximum Gasteiger partial charge on any atom is 0.181 e. The summed E-state index contributed by atoms with van der Waals surface area (Å²) in [5, 5.41) is 1.88. The van der Waals surface area contributed by atoms with E-state index in [1.54, 1.807) is 7.11 Å². The molecule has 3 nitrogen and oxygen atoms in total. The molecule has 1 unspecified atom stereocenters. The minimum Gasteiger partial charge on any atom is -0.495 e. The molecule has 1 saturated heterocycles. The minimum absolute atomic E-state index is 0.0197. The molecule has 0 radical (unpaired) electrons. The second-order valence-electron chi connectivity index (χ2n) is 3.60. The minimum atomic E-state index is 0.0197. The van der Waals surface area contributed by atoms with Gasteiger partial charge in [0.2, 0.25) is 0 Å². The lowest BCUT2D eigenvalue weighted by atomic mass is 9.96. The highest BCUT2D eigenvalue weighted by Crippen LogP contribution is 2.29. The Morgan fingerprint density at radius 3 is 3.20 bits per heavy atom. The van der Waals surface area contributed by atoms with E-state index in [0.29, 0.717) is 12.4 Å². The normalized spacial score (nSPS) is 21.3. The highest BCUT2D eigenvalue weighted by atomic mass is 32.1. The van der Waals surface area contributed by atoms with Crippen LogP contribution in [0, 0.1) is 5.92 Å². The Balaban J connectivity index is 2.12. The smallest absolute Gasteiger partial charge is 0.181 e. The van der Waals surface area contributed by atoms with E-state index in [-0.39, 0.29) is 11.7 Å². The number of rotatable bonds is 3. The van der Waals surface area contributed by atoms with Gasteiger partial charge in [0.05, 0.1) is 13.7 Å². The first kappa shape index (κ1) is 10.6. The summed E-state index contributed by atoms with van der Waals surface area (Å²) in [6, 6.07) is 1.83. The van der Waals surface area contributed by atoms with Gasteiger partial charge in [0, 0.05) is 12.5 Å². The summed E-state index contributed by atoms with van der Waals surface area (Å²) >= 11 is 1.45. The molecular weight excluding hydrogens is 212 g/mol. The third-order valence-corrected chi connectivity index (χ3v) is 3.51. The van der Waals surface area contributed by atoms with Gasteiger partial charge in [-0.05, 0) is 24.3 Å². The van der Waals surface area contributed by atoms with Crippen LogP contribution >= 0.6 is 11.3 Å². The first-order valence-electron chi connectivity index (χ1n) is 5.06. The zero-order valence-electron chi connectivity index (χ0n) is 8.69. The Labute approximate surface area is 93.0 Å². The Bertz CT molecular complexity index is 339. The average Bonchev–Trinajstić information content (AvgIpc) is 2.77. The molecule has 15 heavy (non-hydrogen) atoms. The van der Waals surface area contributed by atoms with Crippen LogP contribution in [0.2, 0.25) is 0 Å². The molecule has 2 rings (SSSR count). The van der Waals surface area contributed by atoms with Crippen LogP contribution in [0.4, 0.5) is 0 Å². The summed E-state index contributed by atoms with van der Waals surface area (Å²) in [6.07, 6.45) is 1.91. The number of carbonyl (C=O) groups excluding carboxylic acids is 1. The van der Waals surface area contributed by atoms with Crippen molar-refractivity contribution in [1.29, 1.82) is 0 Å². The van der Waals surface area contributed by atoms with Crippen molar-refractivity contribution in [2.45, 2.75) is 12.8 Å². The zero-order chi connectivity index (χ0) is 10.7. The molecule has 0 N–H and O–H groups in total. The Hall–Kier alpha value is -0.870. The summed E-state index contributed by atoms with van der Waals surface area (Å²) < 4.78 is 10.5. The van der Waals surface area contributed by atoms with E-state index < -0.39 is 0 Å². The number of hydrogen-bond acceptors (Lipinski definition) is 4. The molecule has 82 valence electrons. The van der Waals surface area contributed by atoms with Crippen molar-refractivity contribution in [2.24, 2.45) is 5.92 Å². The second kappa shape index (κ2) is 4.77. The van der Waals surface area contributed by atoms with Crippen LogP contribution < -0.4 is 4.74 Å². The van der Waals surface area contributed by atoms with Crippen LogP contribution in [0.25, 0.3) is 0 Å². The fourth-order valence-electron chi connectivity index (χ4n) is 1.77. The summed E-state index contributed by atoms with van der Waals surface area (Å²) in [7, 11) is 1.59. The van der Waals surface area contributed by atoms with E-state index >= 15 is 0 Å². The van der Waals surface area contributed by atoms with Gasteiger partial charge in [0.25, 0.3) is 0 Å². The van der Waals surface area contributed by atoms with Crippen molar-refractivity contribution in [3.8, 4) is 5.75 Å². The van der Waals surface area contributed by atoms with Gasteiger partial charge in [-0.3, -0.25) is 4.79 Å². The summed E-state index contributed by atoms with van der Waals surface area (Å²) in [5.74, 6) is 0.878. The quantitative estimate of drug-likeness (QED) is 0.742. The lowest BCUT2D eigenvalue weighted by molar-refractivity contribution is 0.0462. The molecule has 2 heterocycles. The van der Waals surface area contributed by atoms with Gasteiger partial charge in [-0.2, -0.15) is 0 Å². The second-order valence-corrected chi connectivity index (χ2v) is 4.51. The van der Waals surface area contributed by atoms with Crippen molar-refractivity contribution >= 4 is 17.1 Å². The van der Waals surface area contributed by atoms with Crippen LogP contribution in [0.3, 0.4) is 0 Å². The number of methoxy groups -OCH3 is 1. The zero-order valence-corrected chi connectivity index (χ0v) is 9.51. The van der Waals surface area contributed by atoms with E-state index in [1.807, 2.05) is 11.4 Å². The molecule has 1 aromatic heterocycles. The van der Waals surface area contributed by atoms with Crippen LogP contribution in [-0.4, -0.2) is 26.1 Å². The Morgan fingerprint density at radius 1 is 1.67 bits per heavy atom. The van der Waals surface area contributed by atoms with Gasteiger partial charge in [-0.15, -0.1) is 11.3 Å². The molecule has 0 aliphatic carbocycles. The Morgan fingerprint density at radius 2 is 2.53 bits per heavy atom. The third kappa shape index (κ3) is 2.21. The molecule has 1 aromatic rings. The monoisotopic (exact) mass is 226 g/mol. The van der Waals surface area contributed by atoms with Crippen molar-refractivity contribution in [3.05, 3.63) is 16.3 Å². The molecule has 0 spiro atoms. The van der Waals surface area contributed by atoms with E-state index in [0.717, 1.165) is 24.3 Å². The van der Waals surface area contributed by atoms with Crippen molar-refractivity contribution in [2.75, 3.05) is 20.3 Å². The number of hydrogen-bond donors (Lipinski definition) is 0. The topological polar surface area (TPSA) is 35.5 Å². The average molecular weight is 226 g/mol. The highest BCUT2D eigenvalue weighted by molar-refractivity contribution is 7.12. The lowest BCUT2D eigenvalue weighted by Crippen LogP contribution is -2.25. The molecule has 1 aliphatic rings. The molecule has 0 amide bonds.